The van der Waals surface area contributed by atoms with Crippen LogP contribution in [0.15, 0.2) is 18.2 Å². The van der Waals surface area contributed by atoms with Gasteiger partial charge in [-0.15, -0.1) is 0 Å². The first kappa shape index (κ1) is 14.2. The molecule has 0 unspecified atom stereocenters. The summed E-state index contributed by atoms with van der Waals surface area (Å²) in [6.07, 6.45) is 2.02. The quantitative estimate of drug-likeness (QED) is 0.867. The SMILES string of the molecule is CCOC1CCN(C(=O)c2cc(N)ccc2Cl)CC1. The van der Waals surface area contributed by atoms with Gasteiger partial charge in [-0.25, -0.2) is 0 Å². The number of nitrogens with zero attached hydrogens (tertiary/aromatic N) is 1. The van der Waals surface area contributed by atoms with E-state index in [1.807, 2.05) is 11.8 Å². The summed E-state index contributed by atoms with van der Waals surface area (Å²) in [5.41, 5.74) is 6.74. The molecule has 0 atom stereocenters. The van der Waals surface area contributed by atoms with E-state index in [0.717, 1.165) is 19.4 Å². The van der Waals surface area contributed by atoms with Crippen LogP contribution >= 0.6 is 11.6 Å². The molecule has 1 aliphatic heterocycles. The van der Waals surface area contributed by atoms with Crippen molar-refractivity contribution in [2.24, 2.45) is 0 Å². The number of hydrogen-bond acceptors (Lipinski definition) is 3. The molecule has 4 nitrogen and oxygen atoms in total. The summed E-state index contributed by atoms with van der Waals surface area (Å²) >= 11 is 6.06. The maximum atomic E-state index is 12.4. The predicted molar refractivity (Wildman–Crippen MR) is 76.4 cm³/mol. The summed E-state index contributed by atoms with van der Waals surface area (Å²) in [4.78, 5) is 14.2. The van der Waals surface area contributed by atoms with Crippen molar-refractivity contribution < 1.29 is 9.53 Å². The second-order valence-electron chi connectivity index (χ2n) is 4.69. The third kappa shape index (κ3) is 3.39. The summed E-state index contributed by atoms with van der Waals surface area (Å²) in [5, 5.41) is 0.450. The van der Waals surface area contributed by atoms with Crippen LogP contribution in [0.4, 0.5) is 5.69 Å². The zero-order chi connectivity index (χ0) is 13.8. The Hall–Kier alpha value is -1.26. The fourth-order valence-electron chi connectivity index (χ4n) is 2.34. The summed E-state index contributed by atoms with van der Waals surface area (Å²) in [7, 11) is 0. The van der Waals surface area contributed by atoms with Gasteiger partial charge >= 0.3 is 0 Å². The van der Waals surface area contributed by atoms with Crippen LogP contribution in [0.5, 0.6) is 0 Å². The molecule has 1 heterocycles. The summed E-state index contributed by atoms with van der Waals surface area (Å²) < 4.78 is 5.58. The first-order valence-corrected chi connectivity index (χ1v) is 6.95. The molecule has 1 amide bonds. The van der Waals surface area contributed by atoms with Gasteiger partial charge < -0.3 is 15.4 Å². The molecular weight excluding hydrogens is 264 g/mol. The Kier molecular flexibility index (Phi) is 4.66. The van der Waals surface area contributed by atoms with Gasteiger partial charge in [-0.3, -0.25) is 4.79 Å². The van der Waals surface area contributed by atoms with Crippen molar-refractivity contribution in [3.8, 4) is 0 Å². The molecule has 1 aliphatic rings. The van der Waals surface area contributed by atoms with Crippen LogP contribution in [0.2, 0.25) is 5.02 Å². The third-order valence-electron chi connectivity index (χ3n) is 3.35. The summed E-state index contributed by atoms with van der Waals surface area (Å²) in [6, 6.07) is 5.00. The molecular formula is C14H19ClN2O2. The molecule has 1 fully saturated rings. The minimum atomic E-state index is -0.0488. The number of benzene rings is 1. The van der Waals surface area contributed by atoms with Crippen LogP contribution in [0.1, 0.15) is 30.1 Å². The highest BCUT2D eigenvalue weighted by Crippen LogP contribution is 2.23. The van der Waals surface area contributed by atoms with Crippen LogP contribution in [0, 0.1) is 0 Å². The Morgan fingerprint density at radius 2 is 2.16 bits per heavy atom. The Labute approximate surface area is 118 Å². The highest BCUT2D eigenvalue weighted by molar-refractivity contribution is 6.34. The van der Waals surface area contributed by atoms with Crippen LogP contribution in [-0.2, 0) is 4.74 Å². The van der Waals surface area contributed by atoms with E-state index in [2.05, 4.69) is 0 Å². The molecule has 0 spiro atoms. The number of rotatable bonds is 3. The van der Waals surface area contributed by atoms with Crippen molar-refractivity contribution in [2.75, 3.05) is 25.4 Å². The molecule has 19 heavy (non-hydrogen) atoms. The van der Waals surface area contributed by atoms with Gasteiger partial charge in [0.05, 0.1) is 16.7 Å². The molecule has 0 aromatic heterocycles. The van der Waals surface area contributed by atoms with E-state index in [0.29, 0.717) is 29.4 Å². The van der Waals surface area contributed by atoms with E-state index in [1.54, 1.807) is 18.2 Å². The van der Waals surface area contributed by atoms with Gasteiger partial charge in [0.1, 0.15) is 0 Å². The van der Waals surface area contributed by atoms with Gasteiger partial charge in [0, 0.05) is 25.4 Å². The number of nitrogen functional groups attached to an aromatic ring is 1. The normalized spacial score (nSPS) is 16.6. The minimum absolute atomic E-state index is 0.0488. The monoisotopic (exact) mass is 282 g/mol. The maximum absolute atomic E-state index is 12.4. The van der Waals surface area contributed by atoms with Gasteiger partial charge in [-0.1, -0.05) is 11.6 Å². The minimum Gasteiger partial charge on any atom is -0.399 e. The van der Waals surface area contributed by atoms with Gasteiger partial charge in [0.2, 0.25) is 0 Å². The standard InChI is InChI=1S/C14H19ClN2O2/c1-2-19-11-5-7-17(8-6-11)14(18)12-9-10(16)3-4-13(12)15/h3-4,9,11H,2,5-8,16H2,1H3. The average Bonchev–Trinajstić information content (AvgIpc) is 2.42. The number of carbonyl (C=O) groups excluding carboxylic acids is 1. The molecule has 1 saturated heterocycles. The van der Waals surface area contributed by atoms with E-state index in [-0.39, 0.29) is 12.0 Å². The molecule has 0 radical (unpaired) electrons. The fourth-order valence-corrected chi connectivity index (χ4v) is 2.54. The first-order chi connectivity index (χ1) is 9.11. The second kappa shape index (κ2) is 6.26. The van der Waals surface area contributed by atoms with E-state index >= 15 is 0 Å². The Morgan fingerprint density at radius 1 is 1.47 bits per heavy atom. The van der Waals surface area contributed by atoms with Gasteiger partial charge in [0.15, 0.2) is 0 Å². The third-order valence-corrected chi connectivity index (χ3v) is 3.68. The summed E-state index contributed by atoms with van der Waals surface area (Å²) in [6.45, 7) is 4.12. The topological polar surface area (TPSA) is 55.6 Å². The lowest BCUT2D eigenvalue weighted by molar-refractivity contribution is 0.0146. The van der Waals surface area contributed by atoms with Crippen molar-refractivity contribution >= 4 is 23.2 Å². The lowest BCUT2D eigenvalue weighted by atomic mass is 10.1. The number of hydrogen-bond donors (Lipinski definition) is 1. The lowest BCUT2D eigenvalue weighted by Gasteiger charge is -2.32. The van der Waals surface area contributed by atoms with Gasteiger partial charge in [-0.05, 0) is 38.0 Å². The smallest absolute Gasteiger partial charge is 0.255 e. The molecule has 0 saturated carbocycles. The van der Waals surface area contributed by atoms with Crippen molar-refractivity contribution in [1.29, 1.82) is 0 Å². The number of likely N-dealkylation sites (tertiary alicyclic amines) is 1. The lowest BCUT2D eigenvalue weighted by Crippen LogP contribution is -2.41. The molecule has 2 rings (SSSR count). The number of ether oxygens (including phenoxy) is 1. The number of halogens is 1. The molecule has 1 aromatic carbocycles. The number of anilines is 1. The average molecular weight is 283 g/mol. The van der Waals surface area contributed by atoms with Gasteiger partial charge in [0.25, 0.3) is 5.91 Å². The van der Waals surface area contributed by atoms with E-state index in [4.69, 9.17) is 22.1 Å². The number of carbonyl (C=O) groups is 1. The summed E-state index contributed by atoms with van der Waals surface area (Å²) in [5.74, 6) is -0.0488. The van der Waals surface area contributed by atoms with E-state index < -0.39 is 0 Å². The zero-order valence-corrected chi connectivity index (χ0v) is 11.8. The van der Waals surface area contributed by atoms with E-state index in [9.17, 15) is 4.79 Å². The van der Waals surface area contributed by atoms with Crippen LogP contribution < -0.4 is 5.73 Å². The number of piperidine rings is 1. The van der Waals surface area contributed by atoms with Crippen LogP contribution in [-0.4, -0.2) is 36.6 Å². The van der Waals surface area contributed by atoms with E-state index in [1.165, 1.54) is 0 Å². The number of amides is 1. The predicted octanol–water partition coefficient (Wildman–Crippen LogP) is 2.56. The molecule has 0 aliphatic carbocycles. The van der Waals surface area contributed by atoms with Crippen molar-refractivity contribution in [3.63, 3.8) is 0 Å². The molecule has 104 valence electrons. The number of nitrogens with two attached hydrogens (primary N) is 1. The van der Waals surface area contributed by atoms with Crippen LogP contribution in [0.3, 0.4) is 0 Å². The van der Waals surface area contributed by atoms with Crippen LogP contribution in [0.25, 0.3) is 0 Å². The fraction of sp³-hybridized carbons (Fsp3) is 0.500. The largest absolute Gasteiger partial charge is 0.399 e. The molecule has 2 N–H and O–H groups in total. The molecule has 0 bridgehead atoms. The van der Waals surface area contributed by atoms with Gasteiger partial charge in [-0.2, -0.15) is 0 Å². The Morgan fingerprint density at radius 3 is 2.79 bits per heavy atom. The Balaban J connectivity index is 2.03. The first-order valence-electron chi connectivity index (χ1n) is 6.57. The highest BCUT2D eigenvalue weighted by atomic mass is 35.5. The highest BCUT2D eigenvalue weighted by Gasteiger charge is 2.25. The van der Waals surface area contributed by atoms with Crippen molar-refractivity contribution in [2.45, 2.75) is 25.9 Å². The van der Waals surface area contributed by atoms with Crippen molar-refractivity contribution in [1.82, 2.24) is 4.90 Å². The Bertz CT molecular complexity index is 457. The molecule has 1 aromatic rings. The van der Waals surface area contributed by atoms with Crippen molar-refractivity contribution in [3.05, 3.63) is 28.8 Å². The maximum Gasteiger partial charge on any atom is 0.255 e. The molecule has 5 heteroatoms. The zero-order valence-electron chi connectivity index (χ0n) is 11.1. The second-order valence-corrected chi connectivity index (χ2v) is 5.09.